The number of rotatable bonds is 10. The van der Waals surface area contributed by atoms with Crippen molar-refractivity contribution in [3.63, 3.8) is 0 Å². The van der Waals surface area contributed by atoms with Gasteiger partial charge in [-0.15, -0.1) is 0 Å². The minimum absolute atomic E-state index is 0.0940. The molecule has 0 aliphatic carbocycles. The summed E-state index contributed by atoms with van der Waals surface area (Å²) < 4.78 is 5.62. The van der Waals surface area contributed by atoms with Crippen LogP contribution in [0.25, 0.3) is 0 Å². The monoisotopic (exact) mass is 291 g/mol. The number of hydrogen-bond acceptors (Lipinski definition) is 2. The first kappa shape index (κ1) is 17.5. The van der Waals surface area contributed by atoms with Gasteiger partial charge < -0.3 is 9.64 Å². The molecule has 0 aliphatic heterocycles. The lowest BCUT2D eigenvalue weighted by Crippen LogP contribution is -2.36. The highest BCUT2D eigenvalue weighted by Gasteiger charge is 2.13. The minimum atomic E-state index is 0.0940. The molecule has 0 unspecified atom stereocenters. The zero-order chi connectivity index (χ0) is 15.5. The summed E-state index contributed by atoms with van der Waals surface area (Å²) in [6.45, 7) is 8.24. The van der Waals surface area contributed by atoms with E-state index in [4.69, 9.17) is 4.74 Å². The topological polar surface area (TPSA) is 29.5 Å². The van der Waals surface area contributed by atoms with Gasteiger partial charge in [-0.25, -0.2) is 0 Å². The number of amides is 1. The third kappa shape index (κ3) is 6.65. The molecule has 0 saturated heterocycles. The molecule has 0 atom stereocenters. The largest absolute Gasteiger partial charge is 0.484 e. The van der Waals surface area contributed by atoms with Crippen molar-refractivity contribution in [2.24, 2.45) is 0 Å². The lowest BCUT2D eigenvalue weighted by Gasteiger charge is -2.22. The van der Waals surface area contributed by atoms with Crippen LogP contribution in [0.2, 0.25) is 0 Å². The van der Waals surface area contributed by atoms with Crippen molar-refractivity contribution in [1.29, 1.82) is 0 Å². The van der Waals surface area contributed by atoms with Crippen LogP contribution in [0.5, 0.6) is 5.75 Å². The standard InChI is InChI=1S/C18H29NO2/c1-4-7-13-19(14-8-5-2)18(20)15-21-17-11-9-16(6-3)10-12-17/h9-12H,4-8,13-15H2,1-3H3. The molecular formula is C18H29NO2. The Labute approximate surface area is 129 Å². The number of carbonyl (C=O) groups excluding carboxylic acids is 1. The lowest BCUT2D eigenvalue weighted by atomic mass is 10.2. The van der Waals surface area contributed by atoms with Gasteiger partial charge in [0.15, 0.2) is 6.61 Å². The van der Waals surface area contributed by atoms with Gasteiger partial charge in [0.1, 0.15) is 5.75 Å². The molecule has 1 amide bonds. The molecule has 0 bridgehead atoms. The third-order valence-corrected chi connectivity index (χ3v) is 3.61. The van der Waals surface area contributed by atoms with Gasteiger partial charge in [0.25, 0.3) is 5.91 Å². The second-order valence-electron chi connectivity index (χ2n) is 5.37. The number of benzene rings is 1. The van der Waals surface area contributed by atoms with Gasteiger partial charge in [-0.2, -0.15) is 0 Å². The van der Waals surface area contributed by atoms with Gasteiger partial charge in [0.2, 0.25) is 0 Å². The van der Waals surface area contributed by atoms with Gasteiger partial charge >= 0.3 is 0 Å². The number of unbranched alkanes of at least 4 members (excludes halogenated alkanes) is 2. The van der Waals surface area contributed by atoms with E-state index in [0.29, 0.717) is 0 Å². The number of nitrogens with zero attached hydrogens (tertiary/aromatic N) is 1. The second kappa shape index (κ2) is 10.3. The summed E-state index contributed by atoms with van der Waals surface area (Å²) in [4.78, 5) is 14.2. The first-order chi connectivity index (χ1) is 10.2. The van der Waals surface area contributed by atoms with Gasteiger partial charge in [0.05, 0.1) is 0 Å². The molecule has 0 heterocycles. The van der Waals surface area contributed by atoms with Gasteiger partial charge in [-0.1, -0.05) is 45.7 Å². The Kier molecular flexibility index (Phi) is 8.56. The van der Waals surface area contributed by atoms with Crippen LogP contribution in [0, 0.1) is 0 Å². The average Bonchev–Trinajstić information content (AvgIpc) is 2.53. The summed E-state index contributed by atoms with van der Waals surface area (Å²) in [5, 5.41) is 0. The highest BCUT2D eigenvalue weighted by molar-refractivity contribution is 5.77. The van der Waals surface area contributed by atoms with E-state index in [2.05, 4.69) is 20.8 Å². The first-order valence-electron chi connectivity index (χ1n) is 8.20. The predicted molar refractivity (Wildman–Crippen MR) is 87.7 cm³/mol. The molecule has 0 spiro atoms. The second-order valence-corrected chi connectivity index (χ2v) is 5.37. The molecule has 3 heteroatoms. The quantitative estimate of drug-likeness (QED) is 0.650. The SMILES string of the molecule is CCCCN(CCCC)C(=O)COc1ccc(CC)cc1. The Bertz CT molecular complexity index is 392. The maximum atomic E-state index is 12.3. The lowest BCUT2D eigenvalue weighted by molar-refractivity contribution is -0.133. The molecule has 0 saturated carbocycles. The summed E-state index contributed by atoms with van der Waals surface area (Å²) in [5.74, 6) is 0.864. The molecule has 0 radical (unpaired) electrons. The van der Waals surface area contributed by atoms with Crippen molar-refractivity contribution in [3.05, 3.63) is 29.8 Å². The molecule has 0 N–H and O–H groups in total. The highest BCUT2D eigenvalue weighted by Crippen LogP contribution is 2.12. The Morgan fingerprint density at radius 1 is 1.00 bits per heavy atom. The van der Waals surface area contributed by atoms with E-state index in [9.17, 15) is 4.79 Å². The fourth-order valence-corrected chi connectivity index (χ4v) is 2.12. The van der Waals surface area contributed by atoms with Crippen molar-refractivity contribution in [2.75, 3.05) is 19.7 Å². The summed E-state index contributed by atoms with van der Waals surface area (Å²) >= 11 is 0. The number of aryl methyl sites for hydroxylation is 1. The number of ether oxygens (including phenoxy) is 1. The van der Waals surface area contributed by atoms with Crippen molar-refractivity contribution >= 4 is 5.91 Å². The third-order valence-electron chi connectivity index (χ3n) is 3.61. The Balaban J connectivity index is 2.46. The van der Waals surface area contributed by atoms with Crippen LogP contribution in [-0.2, 0) is 11.2 Å². The maximum Gasteiger partial charge on any atom is 0.260 e. The van der Waals surface area contributed by atoms with Crippen molar-refractivity contribution in [3.8, 4) is 5.75 Å². The molecule has 0 aliphatic rings. The van der Waals surface area contributed by atoms with E-state index in [0.717, 1.165) is 50.9 Å². The predicted octanol–water partition coefficient (Wildman–Crippen LogP) is 4.06. The zero-order valence-corrected chi connectivity index (χ0v) is 13.7. The maximum absolute atomic E-state index is 12.3. The fourth-order valence-electron chi connectivity index (χ4n) is 2.12. The van der Waals surface area contributed by atoms with Crippen molar-refractivity contribution in [1.82, 2.24) is 4.90 Å². The van der Waals surface area contributed by atoms with Crippen molar-refractivity contribution < 1.29 is 9.53 Å². The molecule has 0 fully saturated rings. The Hall–Kier alpha value is -1.51. The minimum Gasteiger partial charge on any atom is -0.484 e. The van der Waals surface area contributed by atoms with E-state index in [-0.39, 0.29) is 12.5 Å². The average molecular weight is 291 g/mol. The molecule has 1 aromatic rings. The summed E-state index contributed by atoms with van der Waals surface area (Å²) in [6.07, 6.45) is 5.34. The molecular weight excluding hydrogens is 262 g/mol. The van der Waals surface area contributed by atoms with E-state index in [1.54, 1.807) is 0 Å². The van der Waals surface area contributed by atoms with Crippen LogP contribution in [0.1, 0.15) is 52.0 Å². The van der Waals surface area contributed by atoms with Gasteiger partial charge in [-0.3, -0.25) is 4.79 Å². The number of carbonyl (C=O) groups is 1. The first-order valence-corrected chi connectivity index (χ1v) is 8.20. The Morgan fingerprint density at radius 3 is 2.05 bits per heavy atom. The van der Waals surface area contributed by atoms with E-state index in [1.165, 1.54) is 5.56 Å². The summed E-state index contributed by atoms with van der Waals surface area (Å²) in [7, 11) is 0. The summed E-state index contributed by atoms with van der Waals surface area (Å²) in [6, 6.07) is 7.97. The van der Waals surface area contributed by atoms with Crippen LogP contribution >= 0.6 is 0 Å². The normalized spacial score (nSPS) is 10.4. The fraction of sp³-hybridized carbons (Fsp3) is 0.611. The van der Waals surface area contributed by atoms with Crippen molar-refractivity contribution in [2.45, 2.75) is 52.9 Å². The van der Waals surface area contributed by atoms with Crippen LogP contribution < -0.4 is 4.74 Å². The molecule has 118 valence electrons. The number of hydrogen-bond donors (Lipinski definition) is 0. The molecule has 1 aromatic carbocycles. The summed E-state index contributed by atoms with van der Waals surface area (Å²) in [5.41, 5.74) is 1.28. The molecule has 3 nitrogen and oxygen atoms in total. The molecule has 21 heavy (non-hydrogen) atoms. The smallest absolute Gasteiger partial charge is 0.260 e. The van der Waals surface area contributed by atoms with Crippen LogP contribution in [0.15, 0.2) is 24.3 Å². The van der Waals surface area contributed by atoms with Crippen LogP contribution in [0.4, 0.5) is 0 Å². The zero-order valence-electron chi connectivity index (χ0n) is 13.7. The Morgan fingerprint density at radius 2 is 1.57 bits per heavy atom. The van der Waals surface area contributed by atoms with Crippen LogP contribution in [-0.4, -0.2) is 30.5 Å². The molecule has 1 rings (SSSR count). The highest BCUT2D eigenvalue weighted by atomic mass is 16.5. The molecule has 0 aromatic heterocycles. The van der Waals surface area contributed by atoms with Gasteiger partial charge in [0, 0.05) is 13.1 Å². The van der Waals surface area contributed by atoms with E-state index >= 15 is 0 Å². The van der Waals surface area contributed by atoms with E-state index < -0.39 is 0 Å². The van der Waals surface area contributed by atoms with Gasteiger partial charge in [-0.05, 0) is 37.0 Å². The van der Waals surface area contributed by atoms with E-state index in [1.807, 2.05) is 29.2 Å². The van der Waals surface area contributed by atoms with Crippen LogP contribution in [0.3, 0.4) is 0 Å².